The third-order valence-corrected chi connectivity index (χ3v) is 41.1. The van der Waals surface area contributed by atoms with Crippen LogP contribution in [0.3, 0.4) is 0 Å². The Morgan fingerprint density at radius 2 is 0.736 bits per heavy atom. The van der Waals surface area contributed by atoms with Gasteiger partial charge in [-0.05, 0) is 186 Å². The van der Waals surface area contributed by atoms with Crippen LogP contribution in [0.1, 0.15) is 317 Å². The van der Waals surface area contributed by atoms with Crippen LogP contribution in [0.15, 0.2) is 17.3 Å². The van der Waals surface area contributed by atoms with Crippen LogP contribution in [-0.4, -0.2) is 259 Å². The minimum absolute atomic E-state index is 0.0169. The average Bonchev–Trinajstić information content (AvgIpc) is 1.47. The number of rotatable bonds is 21. The molecule has 3 aliphatic carbocycles. The molecule has 9 rings (SSSR count). The van der Waals surface area contributed by atoms with E-state index in [9.17, 15) is 80.2 Å². The predicted octanol–water partition coefficient (Wildman–Crippen LogP) is 15.8. The third kappa shape index (κ3) is 55.3. The Hall–Kier alpha value is -1.51. The van der Waals surface area contributed by atoms with E-state index in [1.807, 2.05) is 180 Å². The topological polar surface area (TPSA) is 347 Å². The van der Waals surface area contributed by atoms with E-state index >= 15 is 0 Å². The van der Waals surface area contributed by atoms with Gasteiger partial charge in [-0.1, -0.05) is 193 Å². The molecule has 5 saturated heterocycles. The minimum Gasteiger partial charge on any atom is -0.377 e. The van der Waals surface area contributed by atoms with E-state index < -0.39 is 105 Å². The summed E-state index contributed by atoms with van der Waals surface area (Å²) in [5.74, 6) is 3.37. The summed E-state index contributed by atoms with van der Waals surface area (Å²) in [6.07, 6.45) is 19.0. The first-order chi connectivity index (χ1) is 53.9. The predicted molar refractivity (Wildman–Crippen MR) is 502 cm³/mol. The van der Waals surface area contributed by atoms with Crippen molar-refractivity contribution < 1.29 is 84.9 Å². The van der Waals surface area contributed by atoms with Gasteiger partial charge in [-0.25, -0.2) is 93.1 Å². The van der Waals surface area contributed by atoms with Crippen LogP contribution in [0, 0.1) is 49.2 Å². The summed E-state index contributed by atoms with van der Waals surface area (Å²) in [6.45, 7) is 65.3. The Morgan fingerprint density at radius 3 is 1.01 bits per heavy atom. The second kappa shape index (κ2) is 48.1. The number of aromatic nitrogens is 2. The molecular weight excluding hydrogens is 1730 g/mol. The molecule has 6 heterocycles. The Labute approximate surface area is 742 Å². The number of nitrogens with zero attached hydrogens (tertiary/aromatic N) is 6. The van der Waals surface area contributed by atoms with Gasteiger partial charge < -0.3 is 9.64 Å². The van der Waals surface area contributed by atoms with Gasteiger partial charge in [0.1, 0.15) is 10.6 Å². The fourth-order valence-electron chi connectivity index (χ4n) is 13.7. The molecule has 5 aliphatic heterocycles. The van der Waals surface area contributed by atoms with Crippen molar-refractivity contribution in [1.29, 1.82) is 0 Å². The van der Waals surface area contributed by atoms with Crippen molar-refractivity contribution >= 4 is 89.1 Å². The molecule has 25 nitrogen and oxygen atoms in total. The number of aryl methyl sites for hydroxylation is 1. The maximum absolute atomic E-state index is 13.2. The van der Waals surface area contributed by atoms with Gasteiger partial charge >= 0.3 is 0 Å². The van der Waals surface area contributed by atoms with E-state index in [4.69, 9.17) is 4.74 Å². The number of hydrogen-bond donors (Lipinski definition) is 0. The van der Waals surface area contributed by atoms with Crippen LogP contribution in [0.2, 0.25) is 0 Å². The highest BCUT2D eigenvalue weighted by Gasteiger charge is 2.48. The van der Waals surface area contributed by atoms with Crippen LogP contribution >= 0.6 is 0 Å². The number of likely N-dealkylation sites (tertiary alicyclic amines) is 1. The lowest BCUT2D eigenvalue weighted by molar-refractivity contribution is 0.0888. The molecule has 0 aromatic carbocycles. The zero-order valence-corrected chi connectivity index (χ0v) is 88.7. The first kappa shape index (κ1) is 119. The Kier molecular flexibility index (Phi) is 47.5. The Morgan fingerprint density at radius 1 is 0.397 bits per heavy atom. The van der Waals surface area contributed by atoms with Gasteiger partial charge in [-0.15, -0.1) is 0 Å². The minimum atomic E-state index is -3.18. The number of piperidine rings is 1. The van der Waals surface area contributed by atoms with Crippen molar-refractivity contribution in [1.82, 2.24) is 27.6 Å². The molecule has 3 saturated carbocycles. The van der Waals surface area contributed by atoms with Crippen molar-refractivity contribution in [2.24, 2.45) is 56.3 Å². The second-order valence-corrected chi connectivity index (χ2v) is 65.0. The lowest BCUT2D eigenvalue weighted by Crippen LogP contribution is -2.47. The number of halogens is 1. The monoisotopic (exact) mass is 1900 g/mol. The smallest absolute Gasteiger partial charge is 0.214 e. The maximum atomic E-state index is 13.2. The van der Waals surface area contributed by atoms with E-state index in [2.05, 4.69) is 10.00 Å². The molecule has 121 heavy (non-hydrogen) atoms. The van der Waals surface area contributed by atoms with Gasteiger partial charge in [0.15, 0.2) is 59.0 Å². The first-order valence-electron chi connectivity index (χ1n) is 44.1. The van der Waals surface area contributed by atoms with Crippen LogP contribution in [0.25, 0.3) is 0 Å². The molecular formula is C86H175FN6O19S9. The van der Waals surface area contributed by atoms with Gasteiger partial charge in [-0.3, -0.25) is 4.68 Å². The average molecular weight is 1900 g/mol. The van der Waals surface area contributed by atoms with Crippen molar-refractivity contribution in [3.8, 4) is 0 Å². The quantitative estimate of drug-likeness (QED) is 0.110. The number of sulfonamides is 3. The molecule has 1 atom stereocenters. The molecule has 724 valence electrons. The highest BCUT2D eigenvalue weighted by molar-refractivity contribution is 7.93. The number of alkyl halides is 1. The molecule has 1 unspecified atom stereocenters. The fourth-order valence-corrected chi connectivity index (χ4v) is 32.7. The van der Waals surface area contributed by atoms with Crippen LogP contribution in [-0.2, 0) is 101 Å². The van der Waals surface area contributed by atoms with Gasteiger partial charge in [0.05, 0.1) is 90.8 Å². The Bertz CT molecular complexity index is 4160. The standard InChI is InChI=1S/C12H25NO2S.C10H19FO2S.C10H20O3S.C9H16N2O2S.2C9H19NO2S.C9H18O2S.C8H17NO2S.C8H16O2S.C2H6/c1-12(2,3)11-16(14,15)10-9-13-7-5-4-6-8-13;1-9(2,3)7-14(12,13)8-5-10(4,11)6-8;1-10(2,3)8-14(11,12)7-9-5-4-6-13-9;1-9(2,3)7-14(12,13)8-5-10-11(4)6-8;2*1-9(2,3)8-13(11,12)10-6-4-5-7-10;1-9(2,3)7-12(10,11)8-5-4-6-8;1-8(2,3)7-12(10,11)9-5-4-6-9;1-8(2,3)11(9,10)6-7-4-5-7;1-2/h4-11H2,1-3H3;8H,5-7H2,1-4H3;9H,4-8H2,1-3H3;5-6H,7H2,1-4H3;2*4-8H2,1-3H3;8H,4-7H2,1-3H3;4-7H2,1-3H3;7H,4-6H2,1-3H3;1-2H3. The second-order valence-electron chi connectivity index (χ2n) is 45.5. The molecule has 8 aliphatic rings. The highest BCUT2D eigenvalue weighted by atomic mass is 32.2. The lowest BCUT2D eigenvalue weighted by Gasteiger charge is -2.39. The molecule has 1 aromatic rings. The van der Waals surface area contributed by atoms with E-state index in [0.717, 1.165) is 143 Å². The van der Waals surface area contributed by atoms with E-state index in [-0.39, 0.29) is 108 Å². The molecule has 0 spiro atoms. The lowest BCUT2D eigenvalue weighted by atomic mass is 9.83. The summed E-state index contributed by atoms with van der Waals surface area (Å²) in [5.41, 5.74) is -2.49. The Balaban J connectivity index is 0.00000134. The molecule has 1 aromatic heterocycles. The van der Waals surface area contributed by atoms with E-state index in [1.54, 1.807) is 40.7 Å². The van der Waals surface area contributed by atoms with Gasteiger partial charge in [0.25, 0.3) is 0 Å². The summed E-state index contributed by atoms with van der Waals surface area (Å²) < 4.78 is 235. The van der Waals surface area contributed by atoms with Crippen LogP contribution in [0.5, 0.6) is 0 Å². The molecule has 0 amide bonds. The van der Waals surface area contributed by atoms with E-state index in [0.29, 0.717) is 33.8 Å². The highest BCUT2D eigenvalue weighted by Crippen LogP contribution is 2.42. The van der Waals surface area contributed by atoms with E-state index in [1.165, 1.54) is 43.3 Å². The SMILES string of the molecule is CC.CC(C)(C)CS(=O)(=O)C1CC(C)(F)C1.CC(C)(C)CS(=O)(=O)C1CCC1.CC(C)(C)CS(=O)(=O)CC1CCCO1.CC(C)(C)CS(=O)(=O)CCN1CCCCC1.CC(C)(C)CS(=O)(=O)N1CCC1.CC(C)(C)CS(=O)(=O)N1CCCC1.CC(C)(C)CS(=O)(=O)N1CCCC1.CC(C)(C)S(=O)(=O)CC1CC1.Cn1cc(S(=O)(=O)CC(C)(C)C)cn1. The summed E-state index contributed by atoms with van der Waals surface area (Å²) in [6, 6.07) is 0. The first-order valence-corrected chi connectivity index (χ1v) is 59.3. The third-order valence-electron chi connectivity index (χ3n) is 19.3. The molecule has 0 bridgehead atoms. The molecule has 8 fully saturated rings. The number of sulfone groups is 6. The van der Waals surface area contributed by atoms with Crippen molar-refractivity contribution in [2.45, 2.75) is 349 Å². The summed E-state index contributed by atoms with van der Waals surface area (Å²) in [4.78, 5) is 2.58. The van der Waals surface area contributed by atoms with Gasteiger partial charge in [-0.2, -0.15) is 5.10 Å². The van der Waals surface area contributed by atoms with Crippen molar-refractivity contribution in [3.63, 3.8) is 0 Å². The summed E-state index contributed by atoms with van der Waals surface area (Å²) in [7, 11) is -24.9. The molecule has 0 N–H and O–H groups in total. The normalized spacial score (nSPS) is 21.3. The fraction of sp³-hybridized carbons (Fsp3) is 0.965. The van der Waals surface area contributed by atoms with Gasteiger partial charge in [0, 0.05) is 65.7 Å². The zero-order chi connectivity index (χ0) is 95.0. The van der Waals surface area contributed by atoms with Gasteiger partial charge in [0.2, 0.25) is 30.1 Å². The van der Waals surface area contributed by atoms with Crippen LogP contribution in [0.4, 0.5) is 4.39 Å². The number of hydrogen-bond acceptors (Lipinski definition) is 21. The number of ether oxygens (including phenoxy) is 1. The maximum Gasteiger partial charge on any atom is 0.214 e. The zero-order valence-electron chi connectivity index (χ0n) is 81.3. The van der Waals surface area contributed by atoms with Crippen molar-refractivity contribution in [2.75, 3.05) is 129 Å². The largest absolute Gasteiger partial charge is 0.377 e. The summed E-state index contributed by atoms with van der Waals surface area (Å²) >= 11 is 0. The van der Waals surface area contributed by atoms with Crippen molar-refractivity contribution in [3.05, 3.63) is 12.4 Å². The molecule has 0 radical (unpaired) electrons. The molecule has 35 heteroatoms. The summed E-state index contributed by atoms with van der Waals surface area (Å²) in [5, 5.41) is 3.39. The van der Waals surface area contributed by atoms with Crippen LogP contribution < -0.4 is 0 Å².